The molecule has 3 saturated heterocycles. The van der Waals surface area contributed by atoms with Gasteiger partial charge in [0.1, 0.15) is 24.4 Å². The number of aliphatic hydroxyl groups is 1. The molecule has 0 saturated carbocycles. The molecule has 0 radical (unpaired) electrons. The highest BCUT2D eigenvalue weighted by atomic mass is 19.4. The van der Waals surface area contributed by atoms with Crippen LogP contribution < -0.4 is 9.44 Å². The summed E-state index contributed by atoms with van der Waals surface area (Å²) in [6.07, 6.45) is 3.49. The fourth-order valence-electron chi connectivity index (χ4n) is 6.22. The van der Waals surface area contributed by atoms with E-state index in [4.69, 9.17) is 4.74 Å². The molecule has 2 aromatic carbocycles. The Kier molecular flexibility index (Phi) is 10.0. The fourth-order valence-corrected chi connectivity index (χ4v) is 6.22. The predicted octanol–water partition coefficient (Wildman–Crippen LogP) is 3.47. The number of fused-ring (bicyclic) bond motifs is 4. The highest BCUT2D eigenvalue weighted by molar-refractivity contribution is 6.33. The molecular weight excluding hydrogens is 566 g/mol. The zero-order valence-electron chi connectivity index (χ0n) is 21.7. The molecule has 3 fully saturated rings. The molecule has 1 N–H and O–H groups in total. The molecule has 3 aliphatic heterocycles. The van der Waals surface area contributed by atoms with Crippen molar-refractivity contribution in [2.75, 3.05) is 20.2 Å². The predicted molar refractivity (Wildman–Crippen MR) is 132 cm³/mol. The van der Waals surface area contributed by atoms with E-state index in [1.165, 1.54) is 7.11 Å². The monoisotopic (exact) mass is 592 g/mol. The van der Waals surface area contributed by atoms with Crippen molar-refractivity contribution < 1.29 is 53.9 Å². The molecule has 3 aliphatic rings. The van der Waals surface area contributed by atoms with Crippen LogP contribution in [-0.2, 0) is 6.54 Å². The lowest BCUT2D eigenvalue weighted by atomic mass is 9.71. The number of nitrogens with zero attached hydrogens (tertiary/aromatic N) is 2. The van der Waals surface area contributed by atoms with Gasteiger partial charge in [-0.25, -0.2) is 22.0 Å². The first-order valence-electron chi connectivity index (χ1n) is 12.5. The molecule has 1 aromatic heterocycles. The summed E-state index contributed by atoms with van der Waals surface area (Å²) >= 11 is 0. The minimum Gasteiger partial charge on any atom is -1.00 e. The van der Waals surface area contributed by atoms with E-state index < -0.39 is 60.9 Å². The fraction of sp³-hybridized carbons (Fsp3) is 0.370. The minimum absolute atomic E-state index is 0. The van der Waals surface area contributed by atoms with E-state index >= 15 is 0 Å². The van der Waals surface area contributed by atoms with Crippen molar-refractivity contribution in [3.05, 3.63) is 83.3 Å². The number of methoxy groups -OCH3 is 1. The molecule has 0 spiro atoms. The second kappa shape index (κ2) is 12.7. The molecule has 0 amide bonds. The second-order valence-corrected chi connectivity index (χ2v) is 10.1. The first-order chi connectivity index (χ1) is 18.9. The quantitative estimate of drug-likeness (QED) is 0.119. The number of rotatable bonds is 6. The van der Waals surface area contributed by atoms with Gasteiger partial charge in [0, 0.05) is 30.3 Å². The van der Waals surface area contributed by atoms with Gasteiger partial charge in [-0.05, 0) is 35.7 Å². The van der Waals surface area contributed by atoms with Crippen LogP contribution in [0.5, 0.6) is 5.75 Å². The van der Waals surface area contributed by atoms with Crippen LogP contribution in [0, 0.1) is 40.9 Å². The van der Waals surface area contributed by atoms with Gasteiger partial charge in [-0.2, -0.15) is 0 Å². The maximum Gasteiger partial charge on any atom is 0.762 e. The number of hydrogen-bond acceptors (Lipinski definition) is 3. The number of pyridine rings is 1. The Morgan fingerprint density at radius 3 is 2.27 bits per heavy atom. The Bertz CT molecular complexity index is 1380. The van der Waals surface area contributed by atoms with E-state index in [2.05, 4.69) is 11.6 Å². The molecule has 6 rings (SSSR count). The number of ether oxygens (including phenoxy) is 1. The smallest absolute Gasteiger partial charge is 0.762 e. The zero-order chi connectivity index (χ0) is 29.4. The Morgan fingerprint density at radius 1 is 1.07 bits per heavy atom. The molecule has 222 valence electrons. The third-order valence-corrected chi connectivity index (χ3v) is 8.11. The van der Waals surface area contributed by atoms with E-state index in [1.807, 2.05) is 0 Å². The van der Waals surface area contributed by atoms with Crippen molar-refractivity contribution in [1.82, 2.24) is 4.98 Å². The number of hydrogen-bond donors (Lipinski definition) is 1. The van der Waals surface area contributed by atoms with Crippen LogP contribution >= 0.6 is 0 Å². The van der Waals surface area contributed by atoms with E-state index in [-0.39, 0.29) is 21.0 Å². The zero-order valence-corrected chi connectivity index (χ0v) is 21.7. The first kappa shape index (κ1) is 32.3. The van der Waals surface area contributed by atoms with Gasteiger partial charge in [0.05, 0.1) is 31.3 Å². The summed E-state index contributed by atoms with van der Waals surface area (Å²) in [5.41, 5.74) is 0.355. The molecule has 2 bridgehead atoms. The van der Waals surface area contributed by atoms with Crippen molar-refractivity contribution in [2.45, 2.75) is 31.5 Å². The minimum atomic E-state index is -3.67. The third-order valence-electron chi connectivity index (χ3n) is 8.11. The standard InChI is InChI=1S/C27H26F5N2O2.BF3.FH/c1-3-14-12-34(13-19-22(28)24(30)26(32)25(31)23(19)29)9-7-15(14)10-21(34)27(35)17-6-8-33-20-5-4-16(36-2)11-18(17)20;2-1(3)4;/h3-6,8,11,14-15,21,27,35H,1,7,9-10,12-13H2,2H3;;1H/q+1;;/p-1/t14?,15?,21?,27-,34?;;/m1../s1. The molecular formula is C27H26BF9N2O2. The summed E-state index contributed by atoms with van der Waals surface area (Å²) < 4.78 is 106. The normalized spacial score (nSPS) is 23.7. The van der Waals surface area contributed by atoms with Gasteiger partial charge in [-0.1, -0.05) is 6.08 Å². The average molecular weight is 592 g/mol. The summed E-state index contributed by atoms with van der Waals surface area (Å²) in [7, 11) is -2.14. The van der Waals surface area contributed by atoms with Gasteiger partial charge in [0.15, 0.2) is 23.3 Å². The van der Waals surface area contributed by atoms with Crippen LogP contribution in [0.1, 0.15) is 30.1 Å². The Balaban J connectivity index is 0.000000869. The van der Waals surface area contributed by atoms with E-state index in [0.717, 1.165) is 0 Å². The van der Waals surface area contributed by atoms with Crippen LogP contribution in [0.15, 0.2) is 43.1 Å². The Morgan fingerprint density at radius 2 is 1.68 bits per heavy atom. The van der Waals surface area contributed by atoms with Crippen molar-refractivity contribution in [1.29, 1.82) is 0 Å². The van der Waals surface area contributed by atoms with Crippen LogP contribution in [0.3, 0.4) is 0 Å². The van der Waals surface area contributed by atoms with Gasteiger partial charge >= 0.3 is 7.54 Å². The van der Waals surface area contributed by atoms with E-state index in [9.17, 15) is 40.0 Å². The van der Waals surface area contributed by atoms with E-state index in [0.29, 0.717) is 48.1 Å². The second-order valence-electron chi connectivity index (χ2n) is 10.1. The number of piperidine rings is 3. The van der Waals surface area contributed by atoms with Gasteiger partial charge < -0.3 is 19.0 Å². The van der Waals surface area contributed by atoms with Gasteiger partial charge in [0.25, 0.3) is 0 Å². The molecule has 4 unspecified atom stereocenters. The summed E-state index contributed by atoms with van der Waals surface area (Å²) in [6, 6.07) is 6.44. The Hall–Kier alpha value is -3.26. The average Bonchev–Trinajstić information content (AvgIpc) is 2.96. The van der Waals surface area contributed by atoms with Gasteiger partial charge in [-0.3, -0.25) is 17.9 Å². The number of halogens is 9. The maximum atomic E-state index is 14.8. The van der Waals surface area contributed by atoms with Crippen LogP contribution in [0.2, 0.25) is 0 Å². The lowest BCUT2D eigenvalue weighted by Crippen LogP contribution is -3.00. The summed E-state index contributed by atoms with van der Waals surface area (Å²) in [5, 5.41) is 12.4. The lowest BCUT2D eigenvalue weighted by molar-refractivity contribution is -0.985. The third kappa shape index (κ3) is 6.03. The van der Waals surface area contributed by atoms with Gasteiger partial charge in [0.2, 0.25) is 5.82 Å². The number of benzene rings is 2. The molecule has 5 atom stereocenters. The van der Waals surface area contributed by atoms with Crippen LogP contribution in [0.4, 0.5) is 34.9 Å². The van der Waals surface area contributed by atoms with Crippen LogP contribution in [-0.4, -0.2) is 48.4 Å². The van der Waals surface area contributed by atoms with Crippen LogP contribution in [0.25, 0.3) is 10.9 Å². The van der Waals surface area contributed by atoms with Gasteiger partial charge in [-0.15, -0.1) is 6.58 Å². The topological polar surface area (TPSA) is 42.4 Å². The molecule has 41 heavy (non-hydrogen) atoms. The maximum absolute atomic E-state index is 14.8. The SMILES string of the molecule is C=CC1C[N+]2(Cc3c(F)c(F)c(F)c(F)c3F)CCC1CC2[C@H](O)c1ccnc2ccc(OC)cc12.FB(F)F.[F-]. The largest absolute Gasteiger partial charge is 1.00 e. The first-order valence-corrected chi connectivity index (χ1v) is 12.5. The van der Waals surface area contributed by atoms with Crippen molar-refractivity contribution >= 4 is 18.4 Å². The van der Waals surface area contributed by atoms with Crippen molar-refractivity contribution in [2.24, 2.45) is 11.8 Å². The lowest BCUT2D eigenvalue weighted by Gasteiger charge is -2.58. The van der Waals surface area contributed by atoms with E-state index in [1.54, 1.807) is 36.5 Å². The summed E-state index contributed by atoms with van der Waals surface area (Å²) in [4.78, 5) is 4.35. The number of aliphatic hydroxyl groups excluding tert-OH is 1. The van der Waals surface area contributed by atoms with Crippen molar-refractivity contribution in [3.63, 3.8) is 0 Å². The molecule has 0 aliphatic carbocycles. The van der Waals surface area contributed by atoms with Crippen molar-refractivity contribution in [3.8, 4) is 5.75 Å². The molecule has 14 heteroatoms. The number of aromatic nitrogens is 1. The Labute approximate surface area is 230 Å². The molecule has 4 nitrogen and oxygen atoms in total. The number of quaternary nitrogens is 1. The highest BCUT2D eigenvalue weighted by Crippen LogP contribution is 2.48. The summed E-state index contributed by atoms with van der Waals surface area (Å²) in [5.74, 6) is -8.98. The highest BCUT2D eigenvalue weighted by Gasteiger charge is 2.54. The molecule has 3 aromatic rings. The summed E-state index contributed by atoms with van der Waals surface area (Å²) in [6.45, 7) is 4.27. The molecule has 4 heterocycles.